The fraction of sp³-hybridized carbons (Fsp3) is 0.206. The molecule has 0 amide bonds. The van der Waals surface area contributed by atoms with Gasteiger partial charge in [-0.25, -0.2) is 4.79 Å². The average molecular weight is 647 g/mol. The van der Waals surface area contributed by atoms with Gasteiger partial charge in [0.1, 0.15) is 11.3 Å². The molecule has 5 aromatic rings. The lowest BCUT2D eigenvalue weighted by molar-refractivity contribution is -0.384. The number of rotatable bonds is 9. The highest BCUT2D eigenvalue weighted by molar-refractivity contribution is 5.92. The van der Waals surface area contributed by atoms with Gasteiger partial charge in [0.25, 0.3) is 5.69 Å². The number of carboxylic acids is 1. The minimum Gasteiger partial charge on any atom is -0.493 e. The molecular formula is C34H29F3N4O6. The highest BCUT2D eigenvalue weighted by Gasteiger charge is 2.31. The molecule has 1 aliphatic rings. The largest absolute Gasteiger partial charge is 0.493 e. The first-order valence-electron chi connectivity index (χ1n) is 14.6. The number of halogens is 3. The van der Waals surface area contributed by atoms with E-state index >= 15 is 0 Å². The van der Waals surface area contributed by atoms with Gasteiger partial charge in [0, 0.05) is 72.3 Å². The zero-order chi connectivity index (χ0) is 33.3. The van der Waals surface area contributed by atoms with E-state index in [0.29, 0.717) is 49.7 Å². The molecule has 4 aromatic carbocycles. The summed E-state index contributed by atoms with van der Waals surface area (Å²) in [6, 6.07) is 22.2. The molecule has 1 fully saturated rings. The number of methoxy groups -OCH3 is 1. The SMILES string of the molecule is COc1cccc(Cn2ccc3cc(N4CCN(c5cccc(C(F)(F)F)c5)CC4)ccc32)c1Oc1ccc([N+](=O)[O-])cc1C(=O)O. The summed E-state index contributed by atoms with van der Waals surface area (Å²) in [5.74, 6) is -0.794. The number of nitro groups is 1. The summed E-state index contributed by atoms with van der Waals surface area (Å²) < 4.78 is 53.2. The lowest BCUT2D eigenvalue weighted by atomic mass is 10.1. The molecule has 2 heterocycles. The van der Waals surface area contributed by atoms with Crippen molar-refractivity contribution in [1.82, 2.24) is 4.57 Å². The van der Waals surface area contributed by atoms with Crippen LogP contribution in [0, 0.1) is 10.1 Å². The third-order valence-corrected chi connectivity index (χ3v) is 8.18. The summed E-state index contributed by atoms with van der Waals surface area (Å²) in [6.45, 7) is 2.80. The number of carboxylic acid groups (broad SMARTS) is 1. The lowest BCUT2D eigenvalue weighted by Crippen LogP contribution is -2.46. The van der Waals surface area contributed by atoms with Gasteiger partial charge < -0.3 is 28.9 Å². The second-order valence-electron chi connectivity index (χ2n) is 11.0. The molecule has 0 spiro atoms. The molecule has 13 heteroatoms. The van der Waals surface area contributed by atoms with Crippen molar-refractivity contribution in [2.45, 2.75) is 12.7 Å². The lowest BCUT2D eigenvalue weighted by Gasteiger charge is -2.37. The van der Waals surface area contributed by atoms with Crippen molar-refractivity contribution in [2.24, 2.45) is 0 Å². The number of piperazine rings is 1. The Morgan fingerprint density at radius 2 is 1.60 bits per heavy atom. The van der Waals surface area contributed by atoms with E-state index in [1.807, 2.05) is 39.9 Å². The highest BCUT2D eigenvalue weighted by atomic mass is 19.4. The molecule has 0 saturated carbocycles. The number of para-hydroxylation sites is 1. The standard InChI is InChI=1S/C34H29F3N4O6/c1-46-31-7-2-4-23(32(31)47-30-11-9-27(41(44)45)20-28(30)33(42)43)21-40-13-12-22-18-26(8-10-29(22)40)39-16-14-38(15-17-39)25-6-3-5-24(19-25)34(35,36)37/h2-13,18-20H,14-17,21H2,1H3,(H,42,43). The predicted molar refractivity (Wildman–Crippen MR) is 170 cm³/mol. The van der Waals surface area contributed by atoms with E-state index in [9.17, 15) is 33.2 Å². The van der Waals surface area contributed by atoms with E-state index in [2.05, 4.69) is 11.0 Å². The Balaban J connectivity index is 1.21. The van der Waals surface area contributed by atoms with Crippen LogP contribution in [0.4, 0.5) is 30.2 Å². The molecule has 1 aliphatic heterocycles. The summed E-state index contributed by atoms with van der Waals surface area (Å²) in [4.78, 5) is 26.6. The number of alkyl halides is 3. The molecule has 0 unspecified atom stereocenters. The fourth-order valence-corrected chi connectivity index (χ4v) is 5.77. The normalized spacial score (nSPS) is 13.5. The molecule has 0 atom stereocenters. The van der Waals surface area contributed by atoms with Crippen LogP contribution in [0.25, 0.3) is 10.9 Å². The molecule has 6 rings (SSSR count). The van der Waals surface area contributed by atoms with Gasteiger partial charge in [-0.15, -0.1) is 0 Å². The minimum absolute atomic E-state index is 0.0657. The van der Waals surface area contributed by atoms with E-state index in [0.717, 1.165) is 28.7 Å². The van der Waals surface area contributed by atoms with Crippen molar-refractivity contribution in [3.8, 4) is 17.2 Å². The molecule has 1 saturated heterocycles. The summed E-state index contributed by atoms with van der Waals surface area (Å²) in [5, 5.41) is 21.9. The third kappa shape index (κ3) is 6.50. The van der Waals surface area contributed by atoms with Crippen molar-refractivity contribution < 1.29 is 37.5 Å². The number of ether oxygens (including phenoxy) is 2. The Labute approximate surface area is 266 Å². The topological polar surface area (TPSA) is 110 Å². The van der Waals surface area contributed by atoms with Crippen molar-refractivity contribution in [2.75, 3.05) is 43.1 Å². The summed E-state index contributed by atoms with van der Waals surface area (Å²) in [7, 11) is 1.46. The maximum atomic E-state index is 13.2. The maximum Gasteiger partial charge on any atom is 0.416 e. The Morgan fingerprint density at radius 3 is 2.26 bits per heavy atom. The van der Waals surface area contributed by atoms with Crippen LogP contribution in [0.5, 0.6) is 17.2 Å². The Bertz CT molecular complexity index is 1970. The number of nitro benzene ring substituents is 1. The predicted octanol–water partition coefficient (Wildman–Crippen LogP) is 7.44. The summed E-state index contributed by atoms with van der Waals surface area (Å²) in [6.07, 6.45) is -2.46. The third-order valence-electron chi connectivity index (χ3n) is 8.18. The quantitative estimate of drug-likeness (QED) is 0.130. The van der Waals surface area contributed by atoms with Gasteiger partial charge in [0.05, 0.1) is 24.1 Å². The van der Waals surface area contributed by atoms with Crippen LogP contribution >= 0.6 is 0 Å². The van der Waals surface area contributed by atoms with Gasteiger partial charge in [0.15, 0.2) is 11.5 Å². The van der Waals surface area contributed by atoms with Crippen molar-refractivity contribution in [3.05, 3.63) is 118 Å². The van der Waals surface area contributed by atoms with Crippen molar-refractivity contribution in [1.29, 1.82) is 0 Å². The summed E-state index contributed by atoms with van der Waals surface area (Å²) >= 11 is 0. The Hall–Kier alpha value is -5.72. The molecule has 1 aromatic heterocycles. The molecule has 0 radical (unpaired) electrons. The number of non-ortho nitro benzene ring substituents is 1. The average Bonchev–Trinajstić information content (AvgIpc) is 3.47. The molecule has 10 nitrogen and oxygen atoms in total. The van der Waals surface area contributed by atoms with Crippen molar-refractivity contribution in [3.63, 3.8) is 0 Å². The molecule has 1 N–H and O–H groups in total. The fourth-order valence-electron chi connectivity index (χ4n) is 5.77. The molecule has 0 bridgehead atoms. The van der Waals surface area contributed by atoms with Gasteiger partial charge in [-0.05, 0) is 54.6 Å². The van der Waals surface area contributed by atoms with E-state index < -0.39 is 22.6 Å². The first-order chi connectivity index (χ1) is 22.5. The molecular weight excluding hydrogens is 617 g/mol. The minimum atomic E-state index is -4.39. The Kier molecular flexibility index (Phi) is 8.37. The van der Waals surface area contributed by atoms with Crippen LogP contribution in [0.15, 0.2) is 91.1 Å². The maximum absolute atomic E-state index is 13.2. The number of hydrogen-bond donors (Lipinski definition) is 1. The van der Waals surface area contributed by atoms with Crippen LogP contribution in [-0.2, 0) is 12.7 Å². The monoisotopic (exact) mass is 646 g/mol. The smallest absolute Gasteiger partial charge is 0.416 e. The molecule has 0 aliphatic carbocycles. The van der Waals surface area contributed by atoms with Crippen LogP contribution < -0.4 is 19.3 Å². The first-order valence-corrected chi connectivity index (χ1v) is 14.6. The van der Waals surface area contributed by atoms with Crippen LogP contribution in [0.1, 0.15) is 21.5 Å². The van der Waals surface area contributed by atoms with E-state index in [1.165, 1.54) is 31.4 Å². The first kappa shape index (κ1) is 31.3. The second-order valence-corrected chi connectivity index (χ2v) is 11.0. The number of anilines is 2. The van der Waals surface area contributed by atoms with Crippen LogP contribution in [-0.4, -0.2) is 53.9 Å². The number of aromatic nitrogens is 1. The summed E-state index contributed by atoms with van der Waals surface area (Å²) in [5.41, 5.74) is 1.80. The number of fused-ring (bicyclic) bond motifs is 1. The Morgan fingerprint density at radius 1 is 0.894 bits per heavy atom. The van der Waals surface area contributed by atoms with Gasteiger partial charge in [-0.3, -0.25) is 10.1 Å². The van der Waals surface area contributed by atoms with E-state index in [-0.39, 0.29) is 22.7 Å². The number of nitrogens with zero attached hydrogens (tertiary/aromatic N) is 4. The number of hydrogen-bond acceptors (Lipinski definition) is 7. The molecule has 242 valence electrons. The molecule has 47 heavy (non-hydrogen) atoms. The van der Waals surface area contributed by atoms with Crippen molar-refractivity contribution >= 4 is 33.9 Å². The van der Waals surface area contributed by atoms with Crippen LogP contribution in [0.2, 0.25) is 0 Å². The van der Waals surface area contributed by atoms with E-state index in [1.54, 1.807) is 18.2 Å². The van der Waals surface area contributed by atoms with Crippen LogP contribution in [0.3, 0.4) is 0 Å². The van der Waals surface area contributed by atoms with Gasteiger partial charge in [-0.1, -0.05) is 18.2 Å². The number of benzene rings is 4. The number of carbonyl (C=O) groups is 1. The van der Waals surface area contributed by atoms with Gasteiger partial charge in [0.2, 0.25) is 0 Å². The van der Waals surface area contributed by atoms with Gasteiger partial charge in [-0.2, -0.15) is 13.2 Å². The van der Waals surface area contributed by atoms with Gasteiger partial charge >= 0.3 is 12.1 Å². The highest BCUT2D eigenvalue weighted by Crippen LogP contribution is 2.38. The second kappa shape index (κ2) is 12.6. The zero-order valence-corrected chi connectivity index (χ0v) is 25.1. The number of aromatic carboxylic acids is 1. The van der Waals surface area contributed by atoms with E-state index in [4.69, 9.17) is 9.47 Å². The zero-order valence-electron chi connectivity index (χ0n) is 25.1.